The monoisotopic (exact) mass is 2570 g/mol. The molecule has 640 valence electrons. The summed E-state index contributed by atoms with van der Waals surface area (Å²) in [4.78, 5) is 69.9. The van der Waals surface area contributed by atoms with Crippen LogP contribution in [0.15, 0.2) is 232 Å². The molecule has 0 spiro atoms. The number of aromatic nitrogens is 4. The summed E-state index contributed by atoms with van der Waals surface area (Å²) in [6, 6.07) is 63.9. The van der Waals surface area contributed by atoms with Crippen LogP contribution in [0.5, 0.6) is 34.5 Å². The van der Waals surface area contributed by atoms with E-state index in [1.165, 1.54) is 39.6 Å². The van der Waals surface area contributed by atoms with E-state index in [4.69, 9.17) is 14.2 Å². The van der Waals surface area contributed by atoms with Crippen LogP contribution in [0.4, 0.5) is 48.7 Å². The van der Waals surface area contributed by atoms with Gasteiger partial charge in [-0.2, -0.15) is 26.3 Å². The van der Waals surface area contributed by atoms with Gasteiger partial charge in [-0.3, -0.25) is 28.3 Å². The summed E-state index contributed by atoms with van der Waals surface area (Å²) in [5.74, 6) is -10.0. The molecule has 16 nitrogen and oxygen atoms in total. The first-order valence-electron chi connectivity index (χ1n) is 37.4. The highest BCUT2D eigenvalue weighted by Gasteiger charge is 2.68. The number of hydrogen-bond acceptors (Lipinski definition) is 13. The number of hydrogen-bond donors (Lipinski definition) is 2. The van der Waals surface area contributed by atoms with Gasteiger partial charge in [0.05, 0.1) is 35.9 Å². The van der Waals surface area contributed by atoms with Crippen molar-refractivity contribution >= 4 is 165 Å². The Labute approximate surface area is 793 Å². The molecule has 0 saturated heterocycles. The van der Waals surface area contributed by atoms with E-state index in [0.717, 1.165) is 42.2 Å². The number of ether oxygens (including phenoxy) is 5. The van der Waals surface area contributed by atoms with Crippen LogP contribution in [0.3, 0.4) is 0 Å². The van der Waals surface area contributed by atoms with Gasteiger partial charge in [0.2, 0.25) is 0 Å². The molecule has 121 heavy (non-hydrogen) atoms. The van der Waals surface area contributed by atoms with Crippen LogP contribution in [-0.2, 0) is 28.7 Å². The minimum atomic E-state index is -5.43. The molecule has 0 radical (unpaired) electrons. The molecule has 8 aromatic carbocycles. The number of imidazole rings is 2. The smallest absolute Gasteiger partial charge is 0.431 e. The van der Waals surface area contributed by atoms with Crippen molar-refractivity contribution in [1.29, 1.82) is 0 Å². The molecule has 34 heteroatoms. The fourth-order valence-corrected chi connectivity index (χ4v) is 28.8. The third-order valence-electron chi connectivity index (χ3n) is 20.9. The highest BCUT2D eigenvalue weighted by molar-refractivity contribution is 14.1. The highest BCUT2D eigenvalue weighted by atomic mass is 127. The average Bonchev–Trinajstić information content (AvgIpc) is 0.862. The van der Waals surface area contributed by atoms with Gasteiger partial charge in [0.25, 0.3) is 24.1 Å². The molecule has 8 fully saturated rings. The van der Waals surface area contributed by atoms with E-state index in [1.54, 1.807) is 73.3 Å². The first-order chi connectivity index (χ1) is 57.1. The lowest BCUT2D eigenvalue weighted by Gasteiger charge is -2.59. The van der Waals surface area contributed by atoms with Crippen molar-refractivity contribution in [1.82, 2.24) is 19.1 Å². The Morgan fingerprint density at radius 2 is 0.719 bits per heavy atom. The highest BCUT2D eigenvalue weighted by Crippen LogP contribution is 2.68. The average molecular weight is 2570 g/mol. The number of rotatable bonds is 17. The lowest BCUT2D eigenvalue weighted by molar-refractivity contribution is -0.597. The van der Waals surface area contributed by atoms with Gasteiger partial charge < -0.3 is 33.9 Å². The van der Waals surface area contributed by atoms with Gasteiger partial charge in [-0.25, -0.2) is 32.3 Å². The van der Waals surface area contributed by atoms with Crippen LogP contribution in [0.1, 0.15) is 90.9 Å². The summed E-state index contributed by atoms with van der Waals surface area (Å²) in [6.07, 6.45) is -5.10. The molecular formula is C87H76F10I8N4O12+2. The molecule has 8 aliphatic carbocycles. The van der Waals surface area contributed by atoms with Gasteiger partial charge in [0.1, 0.15) is 35.7 Å². The summed E-state index contributed by atoms with van der Waals surface area (Å²) in [5.41, 5.74) is -5.10. The Hall–Kier alpha value is -5.73. The number of benzene rings is 8. The summed E-state index contributed by atoms with van der Waals surface area (Å²) < 4.78 is 174. The van der Waals surface area contributed by atoms with E-state index in [2.05, 4.69) is 288 Å². The molecule has 2 heterocycles. The number of carboxylic acids is 1. The van der Waals surface area contributed by atoms with Crippen molar-refractivity contribution in [2.75, 3.05) is 0 Å². The summed E-state index contributed by atoms with van der Waals surface area (Å²) in [5, 5.41) is 18.8. The maximum absolute atomic E-state index is 13.8. The Morgan fingerprint density at radius 3 is 1.01 bits per heavy atom. The second kappa shape index (κ2) is 41.4. The van der Waals surface area contributed by atoms with Crippen LogP contribution in [-0.4, -0.2) is 95.6 Å². The minimum absolute atomic E-state index is 0.0287. The van der Waals surface area contributed by atoms with Gasteiger partial charge in [-0.1, -0.05) is 72.8 Å². The van der Waals surface area contributed by atoms with Crippen molar-refractivity contribution in [3.8, 4) is 34.5 Å². The third kappa shape index (κ3) is 25.8. The number of alkyl halides is 10. The van der Waals surface area contributed by atoms with Gasteiger partial charge in [-0.15, -0.1) is 0 Å². The number of halogens is 18. The van der Waals surface area contributed by atoms with E-state index in [0.29, 0.717) is 37.2 Å². The predicted molar refractivity (Wildman–Crippen MR) is 471 cm³/mol. The number of nitrogens with zero attached hydrogens (tertiary/aromatic N) is 4. The summed E-state index contributed by atoms with van der Waals surface area (Å²) in [6.45, 7) is 0.131. The van der Waals surface area contributed by atoms with E-state index >= 15 is 0 Å². The summed E-state index contributed by atoms with van der Waals surface area (Å²) in [7, 11) is 0. The third-order valence-corrected chi connectivity index (χ3v) is 30.7. The van der Waals surface area contributed by atoms with Crippen LogP contribution in [0, 0.1) is 81.0 Å². The molecule has 6 unspecified atom stereocenters. The first-order valence-corrected chi connectivity index (χ1v) is 48.2. The van der Waals surface area contributed by atoms with E-state index in [-0.39, 0.29) is 136 Å². The zero-order valence-corrected chi connectivity index (χ0v) is 81.2. The van der Waals surface area contributed by atoms with Crippen LogP contribution >= 0.6 is 136 Å². The number of esters is 3. The largest absolute Gasteiger partial charge is 0.508 e. The molecule has 8 bridgehead atoms. The van der Waals surface area contributed by atoms with Gasteiger partial charge in [0.15, 0.2) is 25.8 Å². The first kappa shape index (κ1) is 95.9. The number of aliphatic carboxylic acids is 1. The number of carboxylic acid groups (broad SMARTS) is 1. The number of carbonyl (C=O) groups excluding carboxylic acids is 4. The predicted octanol–water partition coefficient (Wildman–Crippen LogP) is 17.9. The van der Waals surface area contributed by atoms with Crippen molar-refractivity contribution in [3.63, 3.8) is 0 Å². The van der Waals surface area contributed by atoms with Crippen molar-refractivity contribution in [3.05, 3.63) is 267 Å². The van der Waals surface area contributed by atoms with Crippen molar-refractivity contribution in [2.45, 2.75) is 127 Å². The number of carbonyl (C=O) groups is 5. The van der Waals surface area contributed by atoms with E-state index in [1.807, 2.05) is 12.1 Å². The van der Waals surface area contributed by atoms with Crippen LogP contribution in [0.2, 0.25) is 0 Å². The number of aromatic hydroxyl groups is 1. The topological polar surface area (TPSA) is 208 Å². The molecule has 10 aromatic rings. The number of phenolic OH excluding ortho intramolecular Hbond substituents is 1. The second-order valence-electron chi connectivity index (χ2n) is 30.5. The Kier molecular flexibility index (Phi) is 32.8. The number of phenols is 1. The Morgan fingerprint density at radius 1 is 0.430 bits per heavy atom. The maximum Gasteiger partial charge on any atom is 0.431 e. The molecule has 2 N–H and O–H groups in total. The molecule has 8 aliphatic rings. The molecular weight excluding hydrogens is 2500 g/mol. The fraction of sp³-hybridized carbons (Fsp3) is 0.322. The van der Waals surface area contributed by atoms with E-state index in [9.17, 15) is 78.1 Å². The summed E-state index contributed by atoms with van der Waals surface area (Å²) >= 11 is 13.5. The zero-order valence-electron chi connectivity index (χ0n) is 64.0. The fourth-order valence-electron chi connectivity index (χ4n) is 16.7. The standard InChI is InChI=1S/C28H24F5I3O5.C16H19F5O4.C12H7I3O2.2C12H10I.C7H6N4O/c1-25(29,30)22(28(31,32)33)41-24(38)27-11-14-6-15(12-27)10-26(9-14,13-27)23(37)40-18-4-2-17(3-5-18)39-21-19(35)7-16(34)8-20(21)36;1-13(17,18)10(16(19,20)21)25-12(24)15-5-8-2-9(6-15)4-14(3-8,7-15)11(22)23;13-7-5-10(14)12(11(15)6-7)17-9-3-1-8(16)2-4-9;2*1-3-7-11(8-4-1)13-12-9-5-2-6-10-12;12-7(10-3-1-8-5-10)11-4-2-9-6-11/h2-5,7-8,14-15,22H,6,9-13H2,1H3;8-10H,2-7H2,1H3,(H,22,23);1-6,16H;2*1-10H;1-6H/q;;;2*+1;. The quantitative estimate of drug-likeness (QED) is 0.0376. The van der Waals surface area contributed by atoms with Crippen molar-refractivity contribution < 1.29 is 144 Å². The van der Waals surface area contributed by atoms with Crippen LogP contribution in [0.25, 0.3) is 0 Å². The van der Waals surface area contributed by atoms with Crippen molar-refractivity contribution in [2.24, 2.45) is 45.3 Å². The molecule has 8 saturated carbocycles. The zero-order chi connectivity index (χ0) is 87.5. The molecule has 0 aliphatic heterocycles. The molecule has 18 rings (SSSR count). The van der Waals surface area contributed by atoms with Gasteiger partial charge in [-0.05, 0) is 358 Å². The SMILES string of the molecule is CC(F)(F)C(OC(=O)C12CC3CC(CC(C(=O)O)(C3)C1)C2)C(F)(F)F.CC(F)(F)C(OC(=O)C12CC3CC(CC(C(=O)Oc4ccc(Oc5c(I)cc(I)cc5I)cc4)(C3)C1)C2)C(F)(F)F.O=C(n1ccnc1)n1ccnc1.Oc1ccc(Oc2c(I)cc(I)cc2I)cc1.c1ccc([I+]c2ccccc2)cc1.c1ccc([I+]c2ccccc2)cc1. The lowest BCUT2D eigenvalue weighted by atomic mass is 9.44. The Bertz CT molecular complexity index is 4890. The lowest BCUT2D eigenvalue weighted by Crippen LogP contribution is -3.61. The second-order valence-corrected chi connectivity index (χ2v) is 43.7. The van der Waals surface area contributed by atoms with Gasteiger partial charge >= 0.3 is 84.7 Å². The maximum atomic E-state index is 13.8. The Balaban J connectivity index is 0.000000152. The van der Waals surface area contributed by atoms with E-state index < -0.39 is 81.9 Å². The molecule has 2 aromatic heterocycles. The van der Waals surface area contributed by atoms with Crippen LogP contribution < -0.4 is 56.6 Å². The van der Waals surface area contributed by atoms with Gasteiger partial charge in [0, 0.05) is 45.8 Å². The minimum Gasteiger partial charge on any atom is -0.508 e. The molecule has 6 atom stereocenters. The molecule has 0 amide bonds. The normalized spacial score (nSPS) is 21.9.